The number of benzene rings is 1. The Hall–Kier alpha value is -6.21. The fraction of sp³-hybridized carbons (Fsp3) is 0.480. The van der Waals surface area contributed by atoms with Crippen molar-refractivity contribution in [3.63, 3.8) is 0 Å². The number of hydrogen-bond donors (Lipinski definition) is 0. The van der Waals surface area contributed by atoms with Crippen LogP contribution in [0.1, 0.15) is 110 Å². The molecule has 4 fully saturated rings. The number of ether oxygens (including phenoxy) is 2. The van der Waals surface area contributed by atoms with Crippen molar-refractivity contribution in [2.24, 2.45) is 13.0 Å². The van der Waals surface area contributed by atoms with E-state index in [1.54, 1.807) is 10.9 Å². The van der Waals surface area contributed by atoms with Crippen molar-refractivity contribution in [3.05, 3.63) is 107 Å². The van der Waals surface area contributed by atoms with E-state index in [0.29, 0.717) is 92.5 Å². The maximum Gasteiger partial charge on any atom is 0.391 e. The Morgan fingerprint density at radius 1 is 0.667 bits per heavy atom. The van der Waals surface area contributed by atoms with Crippen LogP contribution in [-0.2, 0) is 16.5 Å². The van der Waals surface area contributed by atoms with Crippen molar-refractivity contribution >= 4 is 34.0 Å². The van der Waals surface area contributed by atoms with Crippen molar-refractivity contribution in [2.75, 3.05) is 49.2 Å². The van der Waals surface area contributed by atoms with E-state index in [1.165, 1.54) is 25.0 Å². The number of nitrogens with zero attached hydrogens (tertiary/aromatic N) is 12. The Balaban J connectivity index is 0.000000167. The second kappa shape index (κ2) is 20.0. The fourth-order valence-electron chi connectivity index (χ4n) is 9.25. The van der Waals surface area contributed by atoms with Crippen LogP contribution in [0.5, 0.6) is 0 Å². The average molecular weight is 953 g/mol. The van der Waals surface area contributed by atoms with Gasteiger partial charge in [-0.3, -0.25) is 9.36 Å². The van der Waals surface area contributed by atoms with Crippen molar-refractivity contribution in [2.45, 2.75) is 103 Å². The van der Waals surface area contributed by atoms with Gasteiger partial charge in [0.05, 0.1) is 62.0 Å². The van der Waals surface area contributed by atoms with Crippen molar-refractivity contribution in [1.82, 2.24) is 49.5 Å². The van der Waals surface area contributed by atoms with E-state index in [0.717, 1.165) is 45.2 Å². The first kappa shape index (κ1) is 47.8. The maximum atomic E-state index is 14.7. The van der Waals surface area contributed by atoms with E-state index in [4.69, 9.17) is 29.4 Å². The third-order valence-corrected chi connectivity index (χ3v) is 13.3. The summed E-state index contributed by atoms with van der Waals surface area (Å²) >= 11 is 0. The summed E-state index contributed by atoms with van der Waals surface area (Å²) in [6, 6.07) is 9.79. The Bertz CT molecular complexity index is 2930. The van der Waals surface area contributed by atoms with Gasteiger partial charge in [-0.15, -0.1) is 0 Å². The molecule has 1 aromatic carbocycles. The second-order valence-electron chi connectivity index (χ2n) is 18.1. The van der Waals surface area contributed by atoms with Gasteiger partial charge in [-0.2, -0.15) is 33.3 Å². The van der Waals surface area contributed by atoms with Crippen LogP contribution in [-0.4, -0.2) is 95.0 Å². The molecule has 6 aromatic heterocycles. The molecule has 11 rings (SSSR count). The molecule has 8 heterocycles. The first-order valence-electron chi connectivity index (χ1n) is 23.8. The van der Waals surface area contributed by atoms with Gasteiger partial charge in [0.1, 0.15) is 23.8 Å². The van der Waals surface area contributed by atoms with Crippen molar-refractivity contribution in [3.8, 4) is 11.3 Å². The molecule has 0 bridgehead atoms. The molecule has 2 saturated carbocycles. The molecule has 2 atom stereocenters. The van der Waals surface area contributed by atoms with Gasteiger partial charge in [0.25, 0.3) is 0 Å². The zero-order valence-corrected chi connectivity index (χ0v) is 39.7. The average Bonchev–Trinajstić information content (AvgIpc) is 3.91. The molecule has 364 valence electrons. The van der Waals surface area contributed by atoms with Gasteiger partial charge in [0.15, 0.2) is 11.3 Å². The molecule has 2 aliphatic carbocycles. The predicted octanol–water partition coefficient (Wildman–Crippen LogP) is 10.2. The van der Waals surface area contributed by atoms with Gasteiger partial charge in [-0.05, 0) is 95.2 Å². The minimum absolute atomic E-state index is 0.0315. The SMILES string of the molecule is CC.Cc1cc2c(-c3ccc(F)cc3F)nc(N3CCOC(c4cnn(C)c4)C3)nc2nc1C.Cc1ccc2c(C3CCC(C(F)(F)F)CC3)nc(N3CCO[C@H](c4cnn(C5CC5)c4)C3)nc2n1. The minimum Gasteiger partial charge on any atom is -0.370 e. The molecule has 19 heteroatoms. The highest BCUT2D eigenvalue weighted by Gasteiger charge is 2.42. The number of halogens is 5. The van der Waals surface area contributed by atoms with E-state index in [1.807, 2.05) is 81.8 Å². The monoisotopic (exact) mass is 952 g/mol. The summed E-state index contributed by atoms with van der Waals surface area (Å²) in [5, 5.41) is 10.2. The molecule has 0 spiro atoms. The highest BCUT2D eigenvalue weighted by Crippen LogP contribution is 2.44. The Morgan fingerprint density at radius 3 is 1.93 bits per heavy atom. The lowest BCUT2D eigenvalue weighted by Gasteiger charge is -2.34. The number of rotatable bonds is 7. The van der Waals surface area contributed by atoms with Gasteiger partial charge in [0, 0.05) is 83.4 Å². The largest absolute Gasteiger partial charge is 0.391 e. The Labute approximate surface area is 397 Å². The topological polar surface area (TPSA) is 138 Å². The molecule has 4 aliphatic rings. The van der Waals surface area contributed by atoms with E-state index in [2.05, 4.69) is 31.3 Å². The molecule has 0 amide bonds. The number of anilines is 2. The first-order chi connectivity index (χ1) is 33.2. The van der Waals surface area contributed by atoms with Gasteiger partial charge in [0.2, 0.25) is 11.9 Å². The normalized spacial score (nSPS) is 20.9. The molecular weight excluding hydrogens is 896 g/mol. The van der Waals surface area contributed by atoms with Gasteiger partial charge in [-0.25, -0.2) is 28.7 Å². The summed E-state index contributed by atoms with van der Waals surface area (Å²) in [5.74, 6) is -1.55. The number of aromatic nitrogens is 10. The number of pyridine rings is 2. The maximum absolute atomic E-state index is 14.7. The zero-order valence-electron chi connectivity index (χ0n) is 39.7. The highest BCUT2D eigenvalue weighted by molar-refractivity contribution is 5.92. The number of hydrogen-bond acceptors (Lipinski definition) is 12. The number of alkyl halides is 3. The smallest absolute Gasteiger partial charge is 0.370 e. The van der Waals surface area contributed by atoms with E-state index in [-0.39, 0.29) is 36.5 Å². The molecule has 1 unspecified atom stereocenters. The van der Waals surface area contributed by atoms with Gasteiger partial charge >= 0.3 is 6.18 Å². The second-order valence-corrected chi connectivity index (χ2v) is 18.1. The lowest BCUT2D eigenvalue weighted by atomic mass is 9.79. The molecular formula is C50H57F5N12O2. The molecule has 2 saturated heterocycles. The molecule has 0 radical (unpaired) electrons. The molecule has 7 aromatic rings. The van der Waals surface area contributed by atoms with Gasteiger partial charge in [-0.1, -0.05) is 13.8 Å². The van der Waals surface area contributed by atoms with Crippen LogP contribution in [0.15, 0.2) is 61.2 Å². The Kier molecular flexibility index (Phi) is 13.9. The number of morpholine rings is 2. The van der Waals surface area contributed by atoms with Crippen LogP contribution in [0.25, 0.3) is 33.3 Å². The Morgan fingerprint density at radius 2 is 1.30 bits per heavy atom. The summed E-state index contributed by atoms with van der Waals surface area (Å²) in [4.78, 5) is 32.5. The van der Waals surface area contributed by atoms with Crippen LogP contribution in [0.2, 0.25) is 0 Å². The summed E-state index contributed by atoms with van der Waals surface area (Å²) in [5.41, 5.74) is 7.14. The summed E-state index contributed by atoms with van der Waals surface area (Å²) in [6.45, 7) is 13.1. The first-order valence-corrected chi connectivity index (χ1v) is 23.8. The van der Waals surface area contributed by atoms with Crippen LogP contribution in [0.3, 0.4) is 0 Å². The van der Waals surface area contributed by atoms with Crippen LogP contribution in [0.4, 0.5) is 33.8 Å². The zero-order chi connectivity index (χ0) is 48.6. The quantitative estimate of drug-likeness (QED) is 0.141. The van der Waals surface area contributed by atoms with Gasteiger partial charge < -0.3 is 19.3 Å². The van der Waals surface area contributed by atoms with E-state index < -0.39 is 23.7 Å². The predicted molar refractivity (Wildman–Crippen MR) is 252 cm³/mol. The van der Waals surface area contributed by atoms with Crippen molar-refractivity contribution < 1.29 is 31.4 Å². The van der Waals surface area contributed by atoms with Crippen LogP contribution < -0.4 is 9.80 Å². The highest BCUT2D eigenvalue weighted by atomic mass is 19.4. The van der Waals surface area contributed by atoms with E-state index >= 15 is 0 Å². The summed E-state index contributed by atoms with van der Waals surface area (Å²) < 4.78 is 83.8. The number of fused-ring (bicyclic) bond motifs is 2. The third-order valence-electron chi connectivity index (χ3n) is 13.3. The summed E-state index contributed by atoms with van der Waals surface area (Å²) in [7, 11) is 1.86. The van der Waals surface area contributed by atoms with Crippen molar-refractivity contribution in [1.29, 1.82) is 0 Å². The molecule has 0 N–H and O–H groups in total. The van der Waals surface area contributed by atoms with Crippen LogP contribution in [0, 0.1) is 38.3 Å². The molecule has 14 nitrogen and oxygen atoms in total. The number of aryl methyl sites for hydroxylation is 4. The minimum atomic E-state index is -4.13. The summed E-state index contributed by atoms with van der Waals surface area (Å²) in [6.07, 6.45) is 6.76. The lowest BCUT2D eigenvalue weighted by molar-refractivity contribution is -0.182. The molecule has 2 aliphatic heterocycles. The van der Waals surface area contributed by atoms with E-state index in [9.17, 15) is 22.0 Å². The standard InChI is InChI=1S/C25H29F3N6O.C23H22F2N6O.C2H6/c1-15-2-9-20-22(16-3-5-18(6-4-16)25(26,27)28)31-24(32-23(20)30-15)33-10-11-35-21(14-33)17-12-29-34(13-17)19-7-8-19;1-13-8-18-21(17-5-4-16(24)9-19(17)25)28-23(29-22(18)27-14(13)2)31-6-7-32-20(12-31)15-10-26-30(3)11-15;1-2/h2,9,12-13,16,18-19,21H,3-8,10-11,14H2,1H3;4-5,8-11,20H,6-7,12H2,1-3H3;1-2H3/t16?,18?,21-;;/m0../s1. The third kappa shape index (κ3) is 10.5. The van der Waals surface area contributed by atoms with Crippen LogP contribution >= 0.6 is 0 Å². The fourth-order valence-corrected chi connectivity index (χ4v) is 9.25. The lowest BCUT2D eigenvalue weighted by Crippen LogP contribution is -2.39. The molecule has 69 heavy (non-hydrogen) atoms.